The lowest BCUT2D eigenvalue weighted by Crippen LogP contribution is -2.25. The van der Waals surface area contributed by atoms with Crippen molar-refractivity contribution >= 4 is 16.9 Å². The molecule has 0 saturated carbocycles. The molecule has 1 aromatic heterocycles. The molecule has 0 unspecified atom stereocenters. The number of amides is 1. The lowest BCUT2D eigenvalue weighted by Gasteiger charge is -2.13. The number of fused-ring (bicyclic) bond motifs is 1. The lowest BCUT2D eigenvalue weighted by atomic mass is 10.1. The quantitative estimate of drug-likeness (QED) is 0.468. The van der Waals surface area contributed by atoms with E-state index in [1.165, 1.54) is 13.2 Å². The Bertz CT molecular complexity index is 985. The Kier molecular flexibility index (Phi) is 7.38. The highest BCUT2D eigenvalue weighted by Crippen LogP contribution is 2.30. The minimum atomic E-state index is -4.42. The smallest absolute Gasteiger partial charge is 0.422 e. The molecule has 0 saturated heterocycles. The average molecular weight is 435 g/mol. The number of nitrogens with zero attached hydrogens (tertiary/aromatic N) is 1. The van der Waals surface area contributed by atoms with Gasteiger partial charge < -0.3 is 19.8 Å². The first-order valence-corrected chi connectivity index (χ1v) is 9.91. The second-order valence-corrected chi connectivity index (χ2v) is 7.04. The topological polar surface area (TPSA) is 76.2 Å². The molecule has 6 nitrogen and oxygen atoms in total. The zero-order chi connectivity index (χ0) is 22.3. The van der Waals surface area contributed by atoms with E-state index in [0.717, 1.165) is 35.3 Å². The molecule has 2 aromatic carbocycles. The van der Waals surface area contributed by atoms with Gasteiger partial charge in [-0.1, -0.05) is 18.2 Å². The first kappa shape index (κ1) is 22.5. The van der Waals surface area contributed by atoms with Crippen LogP contribution in [0.4, 0.5) is 13.2 Å². The number of imidazole rings is 1. The number of methoxy groups -OCH3 is 1. The highest BCUT2D eigenvalue weighted by atomic mass is 19.4. The number of H-pyrrole nitrogens is 1. The van der Waals surface area contributed by atoms with E-state index in [-0.39, 0.29) is 23.8 Å². The largest absolute Gasteiger partial charge is 0.493 e. The van der Waals surface area contributed by atoms with E-state index in [9.17, 15) is 18.0 Å². The van der Waals surface area contributed by atoms with Crippen molar-refractivity contribution in [2.45, 2.75) is 31.9 Å². The third-order valence-electron chi connectivity index (χ3n) is 4.61. The molecule has 0 bridgehead atoms. The van der Waals surface area contributed by atoms with Gasteiger partial charge in [0.25, 0.3) is 0 Å². The number of hydrogen-bond donors (Lipinski definition) is 2. The number of aromatic nitrogens is 2. The summed E-state index contributed by atoms with van der Waals surface area (Å²) >= 11 is 0. The molecular weight excluding hydrogens is 411 g/mol. The molecule has 3 rings (SSSR count). The highest BCUT2D eigenvalue weighted by molar-refractivity contribution is 5.76. The Morgan fingerprint density at radius 1 is 1.13 bits per heavy atom. The first-order chi connectivity index (χ1) is 14.8. The number of benzene rings is 2. The number of nitrogens with one attached hydrogen (secondary N) is 2. The molecule has 0 aliphatic rings. The van der Waals surface area contributed by atoms with Crippen LogP contribution < -0.4 is 14.8 Å². The number of hydrogen-bond acceptors (Lipinski definition) is 4. The van der Waals surface area contributed by atoms with Crippen molar-refractivity contribution in [3.8, 4) is 11.5 Å². The Morgan fingerprint density at radius 2 is 1.94 bits per heavy atom. The number of aryl methyl sites for hydroxylation is 2. The molecule has 0 fully saturated rings. The van der Waals surface area contributed by atoms with Crippen LogP contribution in [-0.4, -0.2) is 42.3 Å². The van der Waals surface area contributed by atoms with E-state index in [1.54, 1.807) is 12.1 Å². The van der Waals surface area contributed by atoms with Gasteiger partial charge in [-0.2, -0.15) is 13.2 Å². The van der Waals surface area contributed by atoms with Crippen LogP contribution in [-0.2, 0) is 17.6 Å². The maximum Gasteiger partial charge on any atom is 0.422 e. The van der Waals surface area contributed by atoms with E-state index < -0.39 is 12.8 Å². The molecule has 1 amide bonds. The van der Waals surface area contributed by atoms with Crippen LogP contribution in [0.15, 0.2) is 42.5 Å². The summed E-state index contributed by atoms with van der Waals surface area (Å²) < 4.78 is 46.8. The Hall–Kier alpha value is -3.23. The predicted octanol–water partition coefficient (Wildman–Crippen LogP) is 4.19. The molecule has 31 heavy (non-hydrogen) atoms. The molecule has 0 aliphatic carbocycles. The predicted molar refractivity (Wildman–Crippen MR) is 110 cm³/mol. The summed E-state index contributed by atoms with van der Waals surface area (Å²) in [7, 11) is 1.36. The van der Waals surface area contributed by atoms with Crippen LogP contribution in [0.2, 0.25) is 0 Å². The SMILES string of the molecule is COc1cc(CCC(=O)NCCCc2nc3ccccc3[nH]2)ccc1OCC(F)(F)F. The number of carbonyl (C=O) groups excluding carboxylic acids is 1. The van der Waals surface area contributed by atoms with Crippen molar-refractivity contribution < 1.29 is 27.4 Å². The summed E-state index contributed by atoms with van der Waals surface area (Å²) in [5, 5.41) is 2.87. The molecule has 9 heteroatoms. The van der Waals surface area contributed by atoms with Gasteiger partial charge in [0.05, 0.1) is 18.1 Å². The van der Waals surface area contributed by atoms with Crippen molar-refractivity contribution in [2.24, 2.45) is 0 Å². The van der Waals surface area contributed by atoms with Crippen molar-refractivity contribution in [3.05, 3.63) is 53.9 Å². The second kappa shape index (κ2) is 10.2. The number of ether oxygens (including phenoxy) is 2. The lowest BCUT2D eigenvalue weighted by molar-refractivity contribution is -0.153. The molecular formula is C22H24F3N3O3. The van der Waals surface area contributed by atoms with Crippen LogP contribution >= 0.6 is 0 Å². The molecule has 166 valence electrons. The summed E-state index contributed by atoms with van der Waals surface area (Å²) in [6.07, 6.45) is -2.25. The molecule has 0 aliphatic heterocycles. The fraction of sp³-hybridized carbons (Fsp3) is 0.364. The Balaban J connectivity index is 1.40. The van der Waals surface area contributed by atoms with Crippen LogP contribution in [0.1, 0.15) is 24.2 Å². The van der Waals surface area contributed by atoms with Gasteiger partial charge in [0.2, 0.25) is 5.91 Å². The third kappa shape index (κ3) is 6.91. The van der Waals surface area contributed by atoms with Crippen LogP contribution in [0, 0.1) is 0 Å². The van der Waals surface area contributed by atoms with Gasteiger partial charge in [-0.25, -0.2) is 4.98 Å². The fourth-order valence-corrected chi connectivity index (χ4v) is 3.10. The van der Waals surface area contributed by atoms with Gasteiger partial charge in [-0.05, 0) is 42.7 Å². The first-order valence-electron chi connectivity index (χ1n) is 9.91. The monoisotopic (exact) mass is 435 g/mol. The highest BCUT2D eigenvalue weighted by Gasteiger charge is 2.29. The number of para-hydroxylation sites is 2. The van der Waals surface area contributed by atoms with Crippen molar-refractivity contribution in [1.82, 2.24) is 15.3 Å². The van der Waals surface area contributed by atoms with E-state index >= 15 is 0 Å². The van der Waals surface area contributed by atoms with Crippen molar-refractivity contribution in [2.75, 3.05) is 20.3 Å². The number of rotatable bonds is 10. The number of aromatic amines is 1. The van der Waals surface area contributed by atoms with Crippen LogP contribution in [0.25, 0.3) is 11.0 Å². The molecule has 3 aromatic rings. The van der Waals surface area contributed by atoms with Gasteiger partial charge in [0.1, 0.15) is 5.82 Å². The normalized spacial score (nSPS) is 11.5. The van der Waals surface area contributed by atoms with Crippen molar-refractivity contribution in [1.29, 1.82) is 0 Å². The van der Waals surface area contributed by atoms with E-state index in [0.29, 0.717) is 13.0 Å². The second-order valence-electron chi connectivity index (χ2n) is 7.04. The molecule has 0 radical (unpaired) electrons. The van der Waals surface area contributed by atoms with Crippen LogP contribution in [0.3, 0.4) is 0 Å². The van der Waals surface area contributed by atoms with E-state index in [2.05, 4.69) is 15.3 Å². The molecule has 2 N–H and O–H groups in total. The van der Waals surface area contributed by atoms with Crippen molar-refractivity contribution in [3.63, 3.8) is 0 Å². The maximum atomic E-state index is 12.3. The van der Waals surface area contributed by atoms with Gasteiger partial charge in [0.15, 0.2) is 18.1 Å². The summed E-state index contributed by atoms with van der Waals surface area (Å²) in [4.78, 5) is 19.8. The number of alkyl halides is 3. The summed E-state index contributed by atoms with van der Waals surface area (Å²) in [5.74, 6) is 1.00. The number of halogens is 3. The Labute approximate surface area is 177 Å². The van der Waals surface area contributed by atoms with Gasteiger partial charge in [-0.3, -0.25) is 4.79 Å². The summed E-state index contributed by atoms with van der Waals surface area (Å²) in [5.41, 5.74) is 2.69. The number of carbonyl (C=O) groups is 1. The molecule has 0 atom stereocenters. The zero-order valence-corrected chi connectivity index (χ0v) is 17.1. The average Bonchev–Trinajstić information content (AvgIpc) is 3.16. The van der Waals surface area contributed by atoms with Crippen LogP contribution in [0.5, 0.6) is 11.5 Å². The maximum absolute atomic E-state index is 12.3. The van der Waals surface area contributed by atoms with Gasteiger partial charge in [0, 0.05) is 19.4 Å². The fourth-order valence-electron chi connectivity index (χ4n) is 3.10. The van der Waals surface area contributed by atoms with E-state index in [4.69, 9.17) is 9.47 Å². The zero-order valence-electron chi connectivity index (χ0n) is 17.1. The van der Waals surface area contributed by atoms with E-state index in [1.807, 2.05) is 24.3 Å². The minimum Gasteiger partial charge on any atom is -0.493 e. The molecule has 1 heterocycles. The summed E-state index contributed by atoms with van der Waals surface area (Å²) in [6, 6.07) is 12.4. The minimum absolute atomic E-state index is 0.0126. The summed E-state index contributed by atoms with van der Waals surface area (Å²) in [6.45, 7) is -0.859. The third-order valence-corrected chi connectivity index (χ3v) is 4.61. The van der Waals surface area contributed by atoms with Gasteiger partial charge in [-0.15, -0.1) is 0 Å². The Morgan fingerprint density at radius 3 is 2.68 bits per heavy atom. The molecule has 0 spiro atoms. The standard InChI is InChI=1S/C22H24F3N3O3/c1-30-19-13-15(8-10-18(19)31-14-22(23,24)25)9-11-21(29)26-12-4-7-20-27-16-5-2-3-6-17(16)28-20/h2-3,5-6,8,10,13H,4,7,9,11-12,14H2,1H3,(H,26,29)(H,27,28). The van der Waals surface area contributed by atoms with Gasteiger partial charge >= 0.3 is 6.18 Å².